The number of aryl methyl sites for hydroxylation is 1. The van der Waals surface area contributed by atoms with Crippen LogP contribution in [0.25, 0.3) is 0 Å². The molecule has 2 heterocycles. The summed E-state index contributed by atoms with van der Waals surface area (Å²) in [6.45, 7) is 4.30. The second-order valence-electron chi connectivity index (χ2n) is 11.0. The van der Waals surface area contributed by atoms with Crippen molar-refractivity contribution in [2.24, 2.45) is 17.8 Å². The third-order valence-corrected chi connectivity index (χ3v) is 9.03. The van der Waals surface area contributed by atoms with Gasteiger partial charge in [-0.05, 0) is 94.3 Å². The first kappa shape index (κ1) is 22.2. The summed E-state index contributed by atoms with van der Waals surface area (Å²) in [6.07, 6.45) is 13.4. The number of rotatable bonds is 4. The standard InChI is InChI=1S/C27H40FN3O/c1-18-12-13-24(28)23-16-27(31-25(18)23,21-9-3-2-4-10-21)26(32)30-22-11-5-7-19(15-22)20-8-6-14-29-17-20/h12-13,19-22,29,31H,2-11,14-17H2,1H3,(H,30,32)/t19-,20?,22-,27?/m1/s1. The Balaban J connectivity index is 1.35. The number of carbonyl (C=O) groups excluding carboxylic acids is 1. The van der Waals surface area contributed by atoms with E-state index in [1.807, 2.05) is 13.0 Å². The summed E-state index contributed by atoms with van der Waals surface area (Å²) < 4.78 is 14.8. The number of fused-ring (bicyclic) bond motifs is 1. The molecule has 1 amide bonds. The molecule has 176 valence electrons. The van der Waals surface area contributed by atoms with Crippen LogP contribution in [0, 0.1) is 30.5 Å². The van der Waals surface area contributed by atoms with Crippen molar-refractivity contribution >= 4 is 11.6 Å². The Kier molecular flexibility index (Phi) is 6.46. The lowest BCUT2D eigenvalue weighted by atomic mass is 9.71. The second-order valence-corrected chi connectivity index (χ2v) is 11.0. The zero-order chi connectivity index (χ0) is 22.1. The van der Waals surface area contributed by atoms with Crippen molar-refractivity contribution in [1.82, 2.24) is 10.6 Å². The first-order valence-electron chi connectivity index (χ1n) is 13.1. The van der Waals surface area contributed by atoms with Gasteiger partial charge in [0, 0.05) is 23.7 Å². The number of anilines is 1. The zero-order valence-corrected chi connectivity index (χ0v) is 19.6. The Hall–Kier alpha value is -1.62. The van der Waals surface area contributed by atoms with Crippen LogP contribution in [0.3, 0.4) is 0 Å². The lowest BCUT2D eigenvalue weighted by molar-refractivity contribution is -0.128. The van der Waals surface area contributed by atoms with Gasteiger partial charge in [-0.25, -0.2) is 4.39 Å². The molecule has 2 unspecified atom stereocenters. The highest BCUT2D eigenvalue weighted by atomic mass is 19.1. The van der Waals surface area contributed by atoms with E-state index < -0.39 is 5.54 Å². The van der Waals surface area contributed by atoms with Crippen molar-refractivity contribution in [2.75, 3.05) is 18.4 Å². The minimum absolute atomic E-state index is 0.117. The molecule has 32 heavy (non-hydrogen) atoms. The predicted octanol–water partition coefficient (Wildman–Crippen LogP) is 5.10. The third-order valence-electron chi connectivity index (χ3n) is 9.03. The molecule has 4 atom stereocenters. The molecule has 2 aliphatic carbocycles. The van der Waals surface area contributed by atoms with Gasteiger partial charge >= 0.3 is 0 Å². The van der Waals surface area contributed by atoms with Crippen LogP contribution in [-0.4, -0.2) is 30.6 Å². The SMILES string of the molecule is Cc1ccc(F)c2c1NC(C(=O)N[C@@H]1CCC[C@@H](C3CCCNC3)C1)(C1CCCCC1)C2. The molecule has 1 saturated heterocycles. The van der Waals surface area contributed by atoms with E-state index in [2.05, 4.69) is 16.0 Å². The predicted molar refractivity (Wildman–Crippen MR) is 127 cm³/mol. The fourth-order valence-electron chi connectivity index (χ4n) is 7.18. The van der Waals surface area contributed by atoms with Crippen molar-refractivity contribution < 1.29 is 9.18 Å². The van der Waals surface area contributed by atoms with E-state index in [0.29, 0.717) is 17.9 Å². The second kappa shape index (κ2) is 9.32. The molecule has 2 aliphatic heterocycles. The molecule has 0 spiro atoms. The lowest BCUT2D eigenvalue weighted by Gasteiger charge is -2.42. The molecule has 3 fully saturated rings. The average Bonchev–Trinajstić information content (AvgIpc) is 3.27. The van der Waals surface area contributed by atoms with E-state index in [1.54, 1.807) is 6.07 Å². The topological polar surface area (TPSA) is 53.2 Å². The molecule has 1 aromatic carbocycles. The molecular weight excluding hydrogens is 401 g/mol. The Bertz CT molecular complexity index is 797. The van der Waals surface area contributed by atoms with Crippen molar-refractivity contribution in [2.45, 2.75) is 95.6 Å². The minimum Gasteiger partial charge on any atom is -0.370 e. The maximum atomic E-state index is 14.8. The molecule has 0 bridgehead atoms. The van der Waals surface area contributed by atoms with Crippen LogP contribution in [0.15, 0.2) is 12.1 Å². The van der Waals surface area contributed by atoms with Crippen LogP contribution in [0.2, 0.25) is 0 Å². The number of nitrogens with one attached hydrogen (secondary N) is 3. The number of halogens is 1. The Morgan fingerprint density at radius 1 is 1.03 bits per heavy atom. The number of amides is 1. The number of carbonyl (C=O) groups is 1. The molecule has 5 heteroatoms. The van der Waals surface area contributed by atoms with Gasteiger partial charge in [0.2, 0.25) is 5.91 Å². The highest BCUT2D eigenvalue weighted by molar-refractivity contribution is 5.93. The molecule has 5 rings (SSSR count). The van der Waals surface area contributed by atoms with E-state index >= 15 is 0 Å². The summed E-state index contributed by atoms with van der Waals surface area (Å²) in [5.41, 5.74) is 1.91. The maximum Gasteiger partial charge on any atom is 0.246 e. The molecule has 4 aliphatic rings. The van der Waals surface area contributed by atoms with Gasteiger partial charge in [-0.1, -0.05) is 31.7 Å². The van der Waals surface area contributed by atoms with Gasteiger partial charge in [0.25, 0.3) is 0 Å². The summed E-state index contributed by atoms with van der Waals surface area (Å²) in [5, 5.41) is 10.7. The first-order chi connectivity index (χ1) is 15.6. The average molecular weight is 442 g/mol. The summed E-state index contributed by atoms with van der Waals surface area (Å²) in [6, 6.07) is 3.65. The van der Waals surface area contributed by atoms with Gasteiger partial charge in [0.05, 0.1) is 0 Å². The molecule has 4 nitrogen and oxygen atoms in total. The van der Waals surface area contributed by atoms with Crippen LogP contribution in [0.1, 0.15) is 81.8 Å². The van der Waals surface area contributed by atoms with Gasteiger partial charge in [-0.2, -0.15) is 0 Å². The number of benzene rings is 1. The smallest absolute Gasteiger partial charge is 0.246 e. The van der Waals surface area contributed by atoms with Gasteiger partial charge < -0.3 is 16.0 Å². The van der Waals surface area contributed by atoms with Crippen molar-refractivity contribution in [1.29, 1.82) is 0 Å². The Morgan fingerprint density at radius 3 is 2.59 bits per heavy atom. The molecule has 3 N–H and O–H groups in total. The van der Waals surface area contributed by atoms with E-state index in [4.69, 9.17) is 0 Å². The van der Waals surface area contributed by atoms with Gasteiger partial charge in [0.15, 0.2) is 0 Å². The van der Waals surface area contributed by atoms with Gasteiger partial charge in [0.1, 0.15) is 11.4 Å². The monoisotopic (exact) mass is 441 g/mol. The Labute approximate surface area is 192 Å². The van der Waals surface area contributed by atoms with E-state index in [0.717, 1.165) is 55.9 Å². The highest BCUT2D eigenvalue weighted by Gasteiger charge is 2.51. The largest absolute Gasteiger partial charge is 0.370 e. The Morgan fingerprint density at radius 2 is 1.84 bits per heavy atom. The molecule has 0 radical (unpaired) electrons. The van der Waals surface area contributed by atoms with E-state index in [1.165, 1.54) is 44.9 Å². The molecule has 0 aromatic heterocycles. The van der Waals surface area contributed by atoms with Crippen molar-refractivity contribution in [3.8, 4) is 0 Å². The molecule has 1 aromatic rings. The fourth-order valence-corrected chi connectivity index (χ4v) is 7.18. The van der Waals surface area contributed by atoms with Crippen molar-refractivity contribution in [3.05, 3.63) is 29.1 Å². The number of piperidine rings is 1. The normalized spacial score (nSPS) is 33.4. The van der Waals surface area contributed by atoms with E-state index in [9.17, 15) is 9.18 Å². The quantitative estimate of drug-likeness (QED) is 0.610. The van der Waals surface area contributed by atoms with Gasteiger partial charge in [-0.3, -0.25) is 4.79 Å². The highest BCUT2D eigenvalue weighted by Crippen LogP contribution is 2.45. The molecular formula is C27H40FN3O. The maximum absolute atomic E-state index is 14.8. The summed E-state index contributed by atoms with van der Waals surface area (Å²) in [7, 11) is 0. The number of hydrogen-bond acceptors (Lipinski definition) is 3. The first-order valence-corrected chi connectivity index (χ1v) is 13.1. The fraction of sp³-hybridized carbons (Fsp3) is 0.741. The van der Waals surface area contributed by atoms with Gasteiger partial charge in [-0.15, -0.1) is 0 Å². The third kappa shape index (κ3) is 4.18. The van der Waals surface area contributed by atoms with Crippen LogP contribution in [0.5, 0.6) is 0 Å². The summed E-state index contributed by atoms with van der Waals surface area (Å²) in [4.78, 5) is 14.0. The van der Waals surface area contributed by atoms with Crippen LogP contribution >= 0.6 is 0 Å². The summed E-state index contributed by atoms with van der Waals surface area (Å²) >= 11 is 0. The van der Waals surface area contributed by atoms with Crippen LogP contribution in [-0.2, 0) is 11.2 Å². The van der Waals surface area contributed by atoms with Crippen molar-refractivity contribution in [3.63, 3.8) is 0 Å². The van der Waals surface area contributed by atoms with E-state index in [-0.39, 0.29) is 23.7 Å². The molecule has 2 saturated carbocycles. The van der Waals surface area contributed by atoms with Crippen LogP contribution in [0.4, 0.5) is 10.1 Å². The number of hydrogen-bond donors (Lipinski definition) is 3. The zero-order valence-electron chi connectivity index (χ0n) is 19.6. The summed E-state index contributed by atoms with van der Waals surface area (Å²) in [5.74, 6) is 1.67. The van der Waals surface area contributed by atoms with Crippen LogP contribution < -0.4 is 16.0 Å². The minimum atomic E-state index is -0.699. The lowest BCUT2D eigenvalue weighted by Crippen LogP contribution is -2.59.